The van der Waals surface area contributed by atoms with Crippen molar-refractivity contribution < 1.29 is 9.53 Å². The Morgan fingerprint density at radius 1 is 1.56 bits per heavy atom. The topological polar surface area (TPSA) is 42.4 Å². The van der Waals surface area contributed by atoms with E-state index in [1.165, 1.54) is 6.42 Å². The van der Waals surface area contributed by atoms with Crippen LogP contribution in [-0.4, -0.2) is 35.5 Å². The minimum Gasteiger partial charge on any atom is -0.457 e. The third kappa shape index (κ3) is 3.07. The molecular formula is C14H20N2O2. The van der Waals surface area contributed by atoms with Crippen molar-refractivity contribution in [3.05, 3.63) is 30.1 Å². The Morgan fingerprint density at radius 3 is 3.06 bits per heavy atom. The summed E-state index contributed by atoms with van der Waals surface area (Å²) in [7, 11) is 1.99. The number of piperidine rings is 1. The quantitative estimate of drug-likeness (QED) is 0.769. The van der Waals surface area contributed by atoms with Crippen LogP contribution in [0.2, 0.25) is 0 Å². The van der Waals surface area contributed by atoms with Crippen molar-refractivity contribution in [1.29, 1.82) is 0 Å². The average Bonchev–Trinajstić information content (AvgIpc) is 2.40. The molecule has 1 fully saturated rings. The molecule has 0 spiro atoms. The molecule has 2 atom stereocenters. The molecule has 98 valence electrons. The summed E-state index contributed by atoms with van der Waals surface area (Å²) in [4.78, 5) is 18.2. The summed E-state index contributed by atoms with van der Waals surface area (Å²) in [6.45, 7) is 2.86. The van der Waals surface area contributed by atoms with Gasteiger partial charge in [0.15, 0.2) is 0 Å². The number of carbonyl (C=O) groups is 1. The van der Waals surface area contributed by atoms with Crippen LogP contribution in [-0.2, 0) is 9.53 Å². The highest BCUT2D eigenvalue weighted by Crippen LogP contribution is 2.21. The third-order valence-corrected chi connectivity index (χ3v) is 3.49. The van der Waals surface area contributed by atoms with Crippen molar-refractivity contribution in [2.45, 2.75) is 38.3 Å². The van der Waals surface area contributed by atoms with E-state index in [1.54, 1.807) is 12.4 Å². The maximum absolute atomic E-state index is 12.1. The van der Waals surface area contributed by atoms with Gasteiger partial charge in [-0.25, -0.2) is 0 Å². The number of ether oxygens (including phenoxy) is 1. The summed E-state index contributed by atoms with van der Waals surface area (Å²) in [6.07, 6.45) is 6.38. The molecule has 0 N–H and O–H groups in total. The first-order valence-electron chi connectivity index (χ1n) is 6.49. The maximum Gasteiger partial charge on any atom is 0.323 e. The highest BCUT2D eigenvalue weighted by molar-refractivity contribution is 5.76. The van der Waals surface area contributed by atoms with Crippen molar-refractivity contribution in [2.75, 3.05) is 13.6 Å². The Hall–Kier alpha value is -1.42. The van der Waals surface area contributed by atoms with Gasteiger partial charge < -0.3 is 4.74 Å². The molecule has 0 unspecified atom stereocenters. The number of hydrogen-bond acceptors (Lipinski definition) is 4. The predicted octanol–water partition coefficient (Wildman–Crippen LogP) is 2.17. The summed E-state index contributed by atoms with van der Waals surface area (Å²) >= 11 is 0. The van der Waals surface area contributed by atoms with Crippen LogP contribution in [0.3, 0.4) is 0 Å². The lowest BCUT2D eigenvalue weighted by molar-refractivity contribution is -0.155. The second kappa shape index (κ2) is 5.96. The summed E-state index contributed by atoms with van der Waals surface area (Å²) in [5.74, 6) is -0.117. The van der Waals surface area contributed by atoms with E-state index in [9.17, 15) is 4.79 Å². The van der Waals surface area contributed by atoms with E-state index in [4.69, 9.17) is 4.74 Å². The van der Waals surface area contributed by atoms with Crippen molar-refractivity contribution >= 4 is 5.97 Å². The minimum absolute atomic E-state index is 0.0853. The molecule has 0 amide bonds. The van der Waals surface area contributed by atoms with Crippen LogP contribution in [0.4, 0.5) is 0 Å². The van der Waals surface area contributed by atoms with Crippen LogP contribution in [0.25, 0.3) is 0 Å². The number of likely N-dealkylation sites (N-methyl/N-ethyl adjacent to an activating group) is 1. The molecule has 0 bridgehead atoms. The van der Waals surface area contributed by atoms with Gasteiger partial charge in [0, 0.05) is 18.0 Å². The normalized spacial score (nSPS) is 22.4. The number of nitrogens with zero attached hydrogens (tertiary/aromatic N) is 2. The molecule has 0 aromatic carbocycles. The smallest absolute Gasteiger partial charge is 0.323 e. The van der Waals surface area contributed by atoms with E-state index in [2.05, 4.69) is 9.88 Å². The molecule has 4 nitrogen and oxygen atoms in total. The number of aromatic nitrogens is 1. The fourth-order valence-corrected chi connectivity index (χ4v) is 2.31. The number of pyridine rings is 1. The van der Waals surface area contributed by atoms with Gasteiger partial charge in [0.25, 0.3) is 0 Å². The number of likely N-dealkylation sites (tertiary alicyclic amines) is 1. The number of hydrogen-bond donors (Lipinski definition) is 0. The Bertz CT molecular complexity index is 394. The summed E-state index contributed by atoms with van der Waals surface area (Å²) < 4.78 is 5.53. The monoisotopic (exact) mass is 248 g/mol. The zero-order valence-corrected chi connectivity index (χ0v) is 11.0. The largest absolute Gasteiger partial charge is 0.457 e. The fraction of sp³-hybridized carbons (Fsp3) is 0.571. The van der Waals surface area contributed by atoms with Crippen molar-refractivity contribution in [3.63, 3.8) is 0 Å². The van der Waals surface area contributed by atoms with Crippen LogP contribution in [0.5, 0.6) is 0 Å². The minimum atomic E-state index is -0.235. The molecular weight excluding hydrogens is 228 g/mol. The number of carbonyl (C=O) groups excluding carboxylic acids is 1. The molecule has 0 saturated carbocycles. The van der Waals surface area contributed by atoms with Gasteiger partial charge >= 0.3 is 5.97 Å². The van der Waals surface area contributed by atoms with Crippen molar-refractivity contribution in [3.8, 4) is 0 Å². The Labute approximate surface area is 108 Å². The molecule has 18 heavy (non-hydrogen) atoms. The van der Waals surface area contributed by atoms with Gasteiger partial charge in [0.2, 0.25) is 0 Å². The van der Waals surface area contributed by atoms with E-state index in [0.29, 0.717) is 0 Å². The standard InChI is InChI=1S/C14H20N2O2/c1-11(12-6-5-8-15-10-12)18-14(17)13-7-3-4-9-16(13)2/h5-6,8,10-11,13H,3-4,7,9H2,1-2H3/t11-,13+/m0/s1. The highest BCUT2D eigenvalue weighted by atomic mass is 16.5. The van der Waals surface area contributed by atoms with E-state index < -0.39 is 0 Å². The van der Waals surface area contributed by atoms with Crippen LogP contribution in [0.1, 0.15) is 37.9 Å². The third-order valence-electron chi connectivity index (χ3n) is 3.49. The van der Waals surface area contributed by atoms with Gasteiger partial charge in [-0.2, -0.15) is 0 Å². The Morgan fingerprint density at radius 2 is 2.39 bits per heavy atom. The summed E-state index contributed by atoms with van der Waals surface area (Å²) in [6, 6.07) is 3.69. The van der Waals surface area contributed by atoms with Crippen LogP contribution in [0.15, 0.2) is 24.5 Å². The molecule has 1 aliphatic rings. The molecule has 0 radical (unpaired) electrons. The van der Waals surface area contributed by atoms with Gasteiger partial charge in [0.05, 0.1) is 0 Å². The van der Waals surface area contributed by atoms with E-state index in [0.717, 1.165) is 24.9 Å². The molecule has 1 aromatic rings. The zero-order valence-electron chi connectivity index (χ0n) is 11.0. The summed E-state index contributed by atoms with van der Waals surface area (Å²) in [5, 5.41) is 0. The lowest BCUT2D eigenvalue weighted by Gasteiger charge is -2.31. The molecule has 1 aliphatic heterocycles. The lowest BCUT2D eigenvalue weighted by atomic mass is 10.0. The first-order valence-corrected chi connectivity index (χ1v) is 6.49. The maximum atomic E-state index is 12.1. The molecule has 2 rings (SSSR count). The molecule has 0 aliphatic carbocycles. The Kier molecular flexibility index (Phi) is 4.31. The van der Waals surface area contributed by atoms with Crippen LogP contribution < -0.4 is 0 Å². The lowest BCUT2D eigenvalue weighted by Crippen LogP contribution is -2.43. The first kappa shape index (κ1) is 13.0. The SMILES string of the molecule is C[C@H](OC(=O)[C@H]1CCCCN1C)c1cccnc1. The predicted molar refractivity (Wildman–Crippen MR) is 69.0 cm³/mol. The number of esters is 1. The van der Waals surface area contributed by atoms with Gasteiger partial charge in [0.1, 0.15) is 12.1 Å². The Balaban J connectivity index is 1.94. The summed E-state index contributed by atoms with van der Waals surface area (Å²) in [5.41, 5.74) is 0.935. The molecule has 1 saturated heterocycles. The van der Waals surface area contributed by atoms with Crippen LogP contribution in [0, 0.1) is 0 Å². The van der Waals surface area contributed by atoms with E-state index >= 15 is 0 Å². The van der Waals surface area contributed by atoms with E-state index in [-0.39, 0.29) is 18.1 Å². The molecule has 4 heteroatoms. The molecule has 1 aromatic heterocycles. The van der Waals surface area contributed by atoms with Gasteiger partial charge in [-0.05, 0) is 39.4 Å². The fourth-order valence-electron chi connectivity index (χ4n) is 2.31. The van der Waals surface area contributed by atoms with Gasteiger partial charge in [-0.3, -0.25) is 14.7 Å². The van der Waals surface area contributed by atoms with Crippen molar-refractivity contribution in [1.82, 2.24) is 9.88 Å². The van der Waals surface area contributed by atoms with Crippen LogP contribution >= 0.6 is 0 Å². The second-order valence-electron chi connectivity index (χ2n) is 4.86. The van der Waals surface area contributed by atoms with E-state index in [1.807, 2.05) is 26.1 Å². The second-order valence-corrected chi connectivity index (χ2v) is 4.86. The highest BCUT2D eigenvalue weighted by Gasteiger charge is 2.28. The first-order chi connectivity index (χ1) is 8.68. The number of rotatable bonds is 3. The van der Waals surface area contributed by atoms with Gasteiger partial charge in [-0.1, -0.05) is 12.5 Å². The van der Waals surface area contributed by atoms with Crippen molar-refractivity contribution in [2.24, 2.45) is 0 Å². The average molecular weight is 248 g/mol. The zero-order chi connectivity index (χ0) is 13.0. The van der Waals surface area contributed by atoms with Gasteiger partial charge in [-0.15, -0.1) is 0 Å². The molecule has 2 heterocycles.